The topological polar surface area (TPSA) is 29.5 Å². The van der Waals surface area contributed by atoms with Crippen molar-refractivity contribution in [3.63, 3.8) is 0 Å². The summed E-state index contributed by atoms with van der Waals surface area (Å²) in [4.78, 5) is 0. The number of ether oxygens (including phenoxy) is 1. The van der Waals surface area contributed by atoms with Gasteiger partial charge >= 0.3 is 6.18 Å². The Morgan fingerprint density at radius 3 is 2.53 bits per heavy atom. The second-order valence-corrected chi connectivity index (χ2v) is 2.81. The Kier molecular flexibility index (Phi) is 3.57. The van der Waals surface area contributed by atoms with E-state index in [9.17, 15) is 13.2 Å². The zero-order chi connectivity index (χ0) is 11.5. The van der Waals surface area contributed by atoms with Gasteiger partial charge < -0.3 is 9.84 Å². The second-order valence-electron chi connectivity index (χ2n) is 2.81. The fraction of sp³-hybridized carbons (Fsp3) is 0.300. The van der Waals surface area contributed by atoms with Gasteiger partial charge in [-0.25, -0.2) is 0 Å². The molecule has 15 heavy (non-hydrogen) atoms. The minimum atomic E-state index is -4.41. The molecule has 0 bridgehead atoms. The highest BCUT2D eigenvalue weighted by Gasteiger charge is 2.31. The summed E-state index contributed by atoms with van der Waals surface area (Å²) >= 11 is 0. The Bertz CT molecular complexity index is 334. The van der Waals surface area contributed by atoms with Gasteiger partial charge in [-0.1, -0.05) is 0 Å². The van der Waals surface area contributed by atoms with Gasteiger partial charge in [-0.15, -0.1) is 0 Å². The molecule has 0 aliphatic heterocycles. The Morgan fingerprint density at radius 2 is 2.07 bits per heavy atom. The molecule has 0 aliphatic rings. The van der Waals surface area contributed by atoms with Gasteiger partial charge in [0.15, 0.2) is 0 Å². The molecule has 0 aromatic heterocycles. The molecule has 0 aliphatic carbocycles. The van der Waals surface area contributed by atoms with Crippen molar-refractivity contribution in [1.29, 1.82) is 0 Å². The third-order valence-corrected chi connectivity index (χ3v) is 1.78. The van der Waals surface area contributed by atoms with Crippen LogP contribution in [0.3, 0.4) is 0 Å². The van der Waals surface area contributed by atoms with E-state index in [0.717, 1.165) is 12.1 Å². The highest BCUT2D eigenvalue weighted by Crippen LogP contribution is 2.32. The molecule has 5 heteroatoms. The van der Waals surface area contributed by atoms with Crippen LogP contribution in [0.2, 0.25) is 0 Å². The van der Waals surface area contributed by atoms with E-state index in [1.54, 1.807) is 6.92 Å². The van der Waals surface area contributed by atoms with Gasteiger partial charge in [0.05, 0.1) is 12.2 Å². The second kappa shape index (κ2) is 4.53. The van der Waals surface area contributed by atoms with E-state index in [0.29, 0.717) is 13.2 Å². The van der Waals surface area contributed by atoms with Crippen LogP contribution in [0, 0.1) is 6.61 Å². The monoisotopic (exact) mass is 219 g/mol. The molecule has 0 saturated heterocycles. The molecule has 83 valence electrons. The number of rotatable bonds is 3. The van der Waals surface area contributed by atoms with Crippen LogP contribution in [0.25, 0.3) is 0 Å². The minimum Gasteiger partial charge on any atom is -0.493 e. The largest absolute Gasteiger partial charge is 0.493 e. The fourth-order valence-corrected chi connectivity index (χ4v) is 1.11. The maximum absolute atomic E-state index is 12.3. The van der Waals surface area contributed by atoms with E-state index >= 15 is 0 Å². The van der Waals surface area contributed by atoms with Gasteiger partial charge in [0.25, 0.3) is 0 Å². The van der Waals surface area contributed by atoms with Gasteiger partial charge in [0.2, 0.25) is 0 Å². The van der Waals surface area contributed by atoms with Crippen molar-refractivity contribution in [1.82, 2.24) is 0 Å². The van der Waals surface area contributed by atoms with Crippen molar-refractivity contribution in [2.24, 2.45) is 0 Å². The molecule has 0 atom stereocenters. The van der Waals surface area contributed by atoms with E-state index in [1.807, 2.05) is 0 Å². The first-order valence-corrected chi connectivity index (χ1v) is 4.30. The zero-order valence-corrected chi connectivity index (χ0v) is 8.01. The summed E-state index contributed by atoms with van der Waals surface area (Å²) in [5, 5.41) is 8.76. The average Bonchev–Trinajstić information content (AvgIpc) is 2.17. The SMILES string of the molecule is CCOc1ccc(C(F)(F)F)cc1[CH]O. The van der Waals surface area contributed by atoms with Crippen LogP contribution in [0.4, 0.5) is 13.2 Å². The molecule has 0 heterocycles. The third kappa shape index (κ3) is 2.86. The summed E-state index contributed by atoms with van der Waals surface area (Å²) in [6.07, 6.45) is -4.41. The molecule has 0 amide bonds. The smallest absolute Gasteiger partial charge is 0.416 e. The molecule has 0 spiro atoms. The molecule has 0 saturated carbocycles. The van der Waals surface area contributed by atoms with E-state index < -0.39 is 11.7 Å². The Hall–Kier alpha value is -1.23. The highest BCUT2D eigenvalue weighted by atomic mass is 19.4. The van der Waals surface area contributed by atoms with E-state index in [4.69, 9.17) is 9.84 Å². The number of hydrogen-bond acceptors (Lipinski definition) is 2. The first-order valence-electron chi connectivity index (χ1n) is 4.30. The standard InChI is InChI=1S/C10H10F3O2/c1-2-15-9-4-3-8(10(11,12)13)5-7(9)6-14/h3-6,14H,2H2,1H3. The molecule has 1 rings (SSSR count). The van der Waals surface area contributed by atoms with Gasteiger partial charge in [0, 0.05) is 5.56 Å². The summed E-state index contributed by atoms with van der Waals surface area (Å²) in [7, 11) is 0. The van der Waals surface area contributed by atoms with Gasteiger partial charge in [0.1, 0.15) is 12.4 Å². The lowest BCUT2D eigenvalue weighted by Crippen LogP contribution is -2.06. The number of halogens is 3. The summed E-state index contributed by atoms with van der Waals surface area (Å²) in [6.45, 7) is 2.63. The van der Waals surface area contributed by atoms with E-state index in [1.165, 1.54) is 6.07 Å². The Balaban J connectivity index is 3.08. The van der Waals surface area contributed by atoms with Crippen molar-refractivity contribution in [2.45, 2.75) is 13.1 Å². The van der Waals surface area contributed by atoms with Crippen molar-refractivity contribution in [2.75, 3.05) is 6.61 Å². The minimum absolute atomic E-state index is 0.0201. The molecule has 0 unspecified atom stereocenters. The molecule has 1 N–H and O–H groups in total. The van der Waals surface area contributed by atoms with E-state index in [-0.39, 0.29) is 11.3 Å². The molecule has 1 radical (unpaired) electrons. The summed E-state index contributed by atoms with van der Waals surface area (Å²) in [5.41, 5.74) is -0.794. The van der Waals surface area contributed by atoms with Gasteiger partial charge in [-0.05, 0) is 25.1 Å². The number of aliphatic hydroxyl groups excluding tert-OH is 1. The molecule has 2 nitrogen and oxygen atoms in total. The van der Waals surface area contributed by atoms with Crippen LogP contribution in [-0.2, 0) is 6.18 Å². The summed E-state index contributed by atoms with van der Waals surface area (Å²) in [6, 6.07) is 2.94. The third-order valence-electron chi connectivity index (χ3n) is 1.78. The van der Waals surface area contributed by atoms with Crippen molar-refractivity contribution in [3.8, 4) is 5.75 Å². The summed E-state index contributed by atoms with van der Waals surface area (Å²) < 4.78 is 41.9. The van der Waals surface area contributed by atoms with Gasteiger partial charge in [-0.3, -0.25) is 0 Å². The normalized spacial score (nSPS) is 11.5. The van der Waals surface area contributed by atoms with Crippen molar-refractivity contribution in [3.05, 3.63) is 35.9 Å². The van der Waals surface area contributed by atoms with Crippen LogP contribution >= 0.6 is 0 Å². The van der Waals surface area contributed by atoms with Gasteiger partial charge in [-0.2, -0.15) is 13.2 Å². The molecule has 0 fully saturated rings. The predicted molar refractivity (Wildman–Crippen MR) is 48.0 cm³/mol. The fourth-order valence-electron chi connectivity index (χ4n) is 1.11. The van der Waals surface area contributed by atoms with Crippen molar-refractivity contribution < 1.29 is 23.0 Å². The molecule has 1 aromatic carbocycles. The lowest BCUT2D eigenvalue weighted by atomic mass is 10.1. The number of aliphatic hydroxyl groups is 1. The lowest BCUT2D eigenvalue weighted by molar-refractivity contribution is -0.137. The first kappa shape index (κ1) is 11.8. The number of benzene rings is 1. The first-order chi connectivity index (χ1) is 6.99. The van der Waals surface area contributed by atoms with Crippen LogP contribution in [0.15, 0.2) is 18.2 Å². The van der Waals surface area contributed by atoms with Crippen molar-refractivity contribution >= 4 is 0 Å². The number of alkyl halides is 3. The highest BCUT2D eigenvalue weighted by molar-refractivity contribution is 5.41. The van der Waals surface area contributed by atoms with Crippen LogP contribution in [0.1, 0.15) is 18.1 Å². The lowest BCUT2D eigenvalue weighted by Gasteiger charge is -2.11. The van der Waals surface area contributed by atoms with E-state index in [2.05, 4.69) is 0 Å². The Morgan fingerprint density at radius 1 is 1.40 bits per heavy atom. The number of hydrogen-bond donors (Lipinski definition) is 1. The molecule has 1 aromatic rings. The predicted octanol–water partition coefficient (Wildman–Crippen LogP) is 2.99. The summed E-state index contributed by atoms with van der Waals surface area (Å²) in [5.74, 6) is 0.230. The molecular weight excluding hydrogens is 209 g/mol. The molecular formula is C10H10F3O2. The van der Waals surface area contributed by atoms with Crippen LogP contribution in [0.5, 0.6) is 5.75 Å². The van der Waals surface area contributed by atoms with Crippen LogP contribution in [-0.4, -0.2) is 11.7 Å². The quantitative estimate of drug-likeness (QED) is 0.846. The maximum Gasteiger partial charge on any atom is 0.416 e. The maximum atomic E-state index is 12.3. The zero-order valence-electron chi connectivity index (χ0n) is 8.01. The average molecular weight is 219 g/mol. The van der Waals surface area contributed by atoms with Crippen LogP contribution < -0.4 is 4.74 Å². The Labute approximate surface area is 85.3 Å².